The van der Waals surface area contributed by atoms with Crippen molar-refractivity contribution in [2.75, 3.05) is 18.7 Å². The van der Waals surface area contributed by atoms with Gasteiger partial charge in [-0.2, -0.15) is 0 Å². The topological polar surface area (TPSA) is 54.5 Å². The van der Waals surface area contributed by atoms with Crippen LogP contribution in [-0.2, 0) is 4.79 Å². The fraction of sp³-hybridized carbons (Fsp3) is 0.333. The second kappa shape index (κ2) is 4.06. The molecule has 1 saturated heterocycles. The largest absolute Gasteiger partial charge is 0.479 e. The first-order chi connectivity index (χ1) is 7.20. The molecule has 6 heteroatoms. The molecule has 2 heterocycles. The maximum absolute atomic E-state index is 11.1. The lowest BCUT2D eigenvalue weighted by molar-refractivity contribution is -0.119. The minimum Gasteiger partial charge on any atom is -0.479 e. The third-order valence-electron chi connectivity index (χ3n) is 2.11. The van der Waals surface area contributed by atoms with Crippen molar-refractivity contribution in [3.8, 4) is 5.88 Å². The van der Waals surface area contributed by atoms with Crippen LogP contribution in [0, 0.1) is 0 Å². The Morgan fingerprint density at radius 3 is 3.00 bits per heavy atom. The monoisotopic (exact) mass is 271 g/mol. The van der Waals surface area contributed by atoms with Crippen LogP contribution in [0.25, 0.3) is 0 Å². The van der Waals surface area contributed by atoms with E-state index in [-0.39, 0.29) is 5.91 Å². The zero-order chi connectivity index (χ0) is 10.8. The van der Waals surface area contributed by atoms with E-state index in [1.165, 1.54) is 0 Å². The molecule has 1 aromatic heterocycles. The molecule has 0 radical (unpaired) electrons. The van der Waals surface area contributed by atoms with Gasteiger partial charge in [0.15, 0.2) is 0 Å². The Balaban J connectivity index is 2.31. The Morgan fingerprint density at radius 2 is 2.40 bits per heavy atom. The number of hydrogen-bond acceptors (Lipinski definition) is 4. The van der Waals surface area contributed by atoms with Crippen LogP contribution in [0.2, 0.25) is 0 Å². The summed E-state index contributed by atoms with van der Waals surface area (Å²) in [6.07, 6.45) is 0.499. The lowest BCUT2D eigenvalue weighted by Gasteiger charge is -2.19. The van der Waals surface area contributed by atoms with Crippen molar-refractivity contribution in [3.05, 3.63) is 16.7 Å². The molecule has 0 saturated carbocycles. The van der Waals surface area contributed by atoms with Crippen LogP contribution in [0.4, 0.5) is 5.69 Å². The number of halogens is 1. The first-order valence-corrected chi connectivity index (χ1v) is 5.27. The molecular weight excluding hydrogens is 262 g/mol. The molecule has 1 aliphatic rings. The standard InChI is InChI=1S/C9H10BrN3O2/c1-15-9-6(2-3-7(10)11-9)13-5-4-8(14)12-13/h2-3H,4-5H2,1H3,(H,12,14). The maximum atomic E-state index is 11.1. The van der Waals surface area contributed by atoms with E-state index < -0.39 is 0 Å². The van der Waals surface area contributed by atoms with Crippen LogP contribution in [0.5, 0.6) is 5.88 Å². The van der Waals surface area contributed by atoms with Gasteiger partial charge in [-0.3, -0.25) is 15.2 Å². The van der Waals surface area contributed by atoms with Gasteiger partial charge < -0.3 is 4.74 Å². The summed E-state index contributed by atoms with van der Waals surface area (Å²) in [6.45, 7) is 0.637. The summed E-state index contributed by atoms with van der Waals surface area (Å²) >= 11 is 3.26. The molecule has 1 aromatic rings. The van der Waals surface area contributed by atoms with Crippen molar-refractivity contribution in [1.82, 2.24) is 10.4 Å². The fourth-order valence-electron chi connectivity index (χ4n) is 1.42. The Labute approximate surface area is 95.5 Å². The molecule has 2 rings (SSSR count). The van der Waals surface area contributed by atoms with Crippen molar-refractivity contribution in [2.24, 2.45) is 0 Å². The van der Waals surface area contributed by atoms with E-state index in [9.17, 15) is 4.79 Å². The minimum absolute atomic E-state index is 0.0139. The zero-order valence-corrected chi connectivity index (χ0v) is 9.74. The minimum atomic E-state index is 0.0139. The van der Waals surface area contributed by atoms with Gasteiger partial charge in [0.2, 0.25) is 11.8 Å². The molecule has 0 spiro atoms. The van der Waals surface area contributed by atoms with Gasteiger partial charge in [-0.25, -0.2) is 4.98 Å². The van der Waals surface area contributed by atoms with E-state index in [0.717, 1.165) is 5.69 Å². The zero-order valence-electron chi connectivity index (χ0n) is 8.16. The van der Waals surface area contributed by atoms with E-state index in [1.54, 1.807) is 12.1 Å². The number of hydrazine groups is 1. The smallest absolute Gasteiger partial charge is 0.240 e. The van der Waals surface area contributed by atoms with E-state index >= 15 is 0 Å². The predicted molar refractivity (Wildman–Crippen MR) is 58.6 cm³/mol. The third-order valence-corrected chi connectivity index (χ3v) is 2.55. The van der Waals surface area contributed by atoms with Crippen LogP contribution >= 0.6 is 15.9 Å². The average molecular weight is 272 g/mol. The molecule has 1 N–H and O–H groups in total. The number of hydrogen-bond donors (Lipinski definition) is 1. The number of anilines is 1. The molecule has 0 bridgehead atoms. The average Bonchev–Trinajstić information content (AvgIpc) is 2.64. The third kappa shape index (κ3) is 2.04. The second-order valence-corrected chi connectivity index (χ2v) is 3.91. The van der Waals surface area contributed by atoms with Gasteiger partial charge in [0.25, 0.3) is 0 Å². The SMILES string of the molecule is COc1nc(Br)ccc1N1CCC(=O)N1. The van der Waals surface area contributed by atoms with Crippen LogP contribution in [-0.4, -0.2) is 24.5 Å². The van der Waals surface area contributed by atoms with E-state index in [4.69, 9.17) is 4.74 Å². The van der Waals surface area contributed by atoms with Gasteiger partial charge in [-0.1, -0.05) is 0 Å². The Kier molecular flexibility index (Phi) is 2.77. The Morgan fingerprint density at radius 1 is 1.60 bits per heavy atom. The summed E-state index contributed by atoms with van der Waals surface area (Å²) in [5.74, 6) is 0.506. The molecule has 15 heavy (non-hydrogen) atoms. The normalized spacial score (nSPS) is 15.3. The maximum Gasteiger partial charge on any atom is 0.240 e. The lowest BCUT2D eigenvalue weighted by Crippen LogP contribution is -2.33. The number of carbonyl (C=O) groups excluding carboxylic acids is 1. The van der Waals surface area contributed by atoms with E-state index in [1.807, 2.05) is 12.1 Å². The number of ether oxygens (including phenoxy) is 1. The quantitative estimate of drug-likeness (QED) is 0.819. The number of nitrogens with zero attached hydrogens (tertiary/aromatic N) is 2. The van der Waals surface area contributed by atoms with Gasteiger partial charge in [-0.05, 0) is 28.1 Å². The Bertz CT molecular complexity index is 397. The molecule has 1 aliphatic heterocycles. The van der Waals surface area contributed by atoms with Crippen LogP contribution < -0.4 is 15.2 Å². The van der Waals surface area contributed by atoms with E-state index in [0.29, 0.717) is 23.4 Å². The van der Waals surface area contributed by atoms with Gasteiger partial charge in [0, 0.05) is 13.0 Å². The van der Waals surface area contributed by atoms with Crippen molar-refractivity contribution in [3.63, 3.8) is 0 Å². The number of pyridine rings is 1. The lowest BCUT2D eigenvalue weighted by atomic mass is 10.4. The predicted octanol–water partition coefficient (Wildman–Crippen LogP) is 1.09. The second-order valence-electron chi connectivity index (χ2n) is 3.10. The highest BCUT2D eigenvalue weighted by Crippen LogP contribution is 2.28. The summed E-state index contributed by atoms with van der Waals surface area (Å²) < 4.78 is 5.84. The number of amides is 1. The summed E-state index contributed by atoms with van der Waals surface area (Å²) in [6, 6.07) is 3.66. The molecule has 0 aliphatic carbocycles. The molecule has 80 valence electrons. The highest BCUT2D eigenvalue weighted by molar-refractivity contribution is 9.10. The summed E-state index contributed by atoms with van der Waals surface area (Å²) in [5.41, 5.74) is 3.49. The summed E-state index contributed by atoms with van der Waals surface area (Å²) in [5, 5.41) is 1.74. The highest BCUT2D eigenvalue weighted by atomic mass is 79.9. The molecule has 0 unspecified atom stereocenters. The van der Waals surface area contributed by atoms with Crippen LogP contribution in [0.1, 0.15) is 6.42 Å². The number of rotatable bonds is 2. The van der Waals surface area contributed by atoms with Gasteiger partial charge in [0.05, 0.1) is 7.11 Å². The number of aromatic nitrogens is 1. The summed E-state index contributed by atoms with van der Waals surface area (Å²) in [7, 11) is 1.55. The molecule has 1 fully saturated rings. The van der Waals surface area contributed by atoms with Gasteiger partial charge in [0.1, 0.15) is 10.3 Å². The summed E-state index contributed by atoms with van der Waals surface area (Å²) in [4.78, 5) is 15.2. The van der Waals surface area contributed by atoms with Gasteiger partial charge in [-0.15, -0.1) is 0 Å². The first kappa shape index (κ1) is 10.2. The first-order valence-electron chi connectivity index (χ1n) is 4.48. The number of carbonyl (C=O) groups is 1. The Hall–Kier alpha value is -1.30. The van der Waals surface area contributed by atoms with Crippen LogP contribution in [0.3, 0.4) is 0 Å². The molecular formula is C9H10BrN3O2. The highest BCUT2D eigenvalue weighted by Gasteiger charge is 2.22. The molecule has 5 nitrogen and oxygen atoms in total. The number of methoxy groups -OCH3 is 1. The van der Waals surface area contributed by atoms with Crippen molar-refractivity contribution >= 4 is 27.5 Å². The van der Waals surface area contributed by atoms with Crippen molar-refractivity contribution < 1.29 is 9.53 Å². The van der Waals surface area contributed by atoms with Gasteiger partial charge >= 0.3 is 0 Å². The molecule has 1 amide bonds. The fourth-order valence-corrected chi connectivity index (χ4v) is 1.72. The van der Waals surface area contributed by atoms with Crippen LogP contribution in [0.15, 0.2) is 16.7 Å². The molecule has 0 aromatic carbocycles. The molecule has 0 atom stereocenters. The number of nitrogens with one attached hydrogen (secondary N) is 1. The van der Waals surface area contributed by atoms with Crippen molar-refractivity contribution in [1.29, 1.82) is 0 Å². The van der Waals surface area contributed by atoms with E-state index in [2.05, 4.69) is 26.3 Å². The van der Waals surface area contributed by atoms with Crippen molar-refractivity contribution in [2.45, 2.75) is 6.42 Å².